The van der Waals surface area contributed by atoms with E-state index in [0.717, 1.165) is 18.2 Å². The van der Waals surface area contributed by atoms with Gasteiger partial charge < -0.3 is 10.2 Å². The molecule has 2 heterocycles. The van der Waals surface area contributed by atoms with Gasteiger partial charge in [-0.1, -0.05) is 6.07 Å². The summed E-state index contributed by atoms with van der Waals surface area (Å²) in [6.45, 7) is 0.473. The van der Waals surface area contributed by atoms with Gasteiger partial charge in [-0.2, -0.15) is 0 Å². The Kier molecular flexibility index (Phi) is 4.38. The molecule has 2 aromatic rings. The van der Waals surface area contributed by atoms with Crippen molar-refractivity contribution in [1.29, 1.82) is 0 Å². The first-order valence-corrected chi connectivity index (χ1v) is 8.04. The second kappa shape index (κ2) is 6.45. The number of halogens is 2. The van der Waals surface area contributed by atoms with E-state index in [-0.39, 0.29) is 11.6 Å². The number of thiophene rings is 1. The van der Waals surface area contributed by atoms with Crippen molar-refractivity contribution < 1.29 is 18.4 Å². The highest BCUT2D eigenvalue weighted by atomic mass is 32.1. The molecule has 3 rings (SSSR count). The van der Waals surface area contributed by atoms with Gasteiger partial charge >= 0.3 is 0 Å². The van der Waals surface area contributed by atoms with Crippen molar-refractivity contribution in [3.8, 4) is 0 Å². The van der Waals surface area contributed by atoms with Gasteiger partial charge in [-0.15, -0.1) is 11.3 Å². The zero-order valence-electron chi connectivity index (χ0n) is 12.1. The van der Waals surface area contributed by atoms with E-state index in [1.165, 1.54) is 16.2 Å². The van der Waals surface area contributed by atoms with Crippen LogP contribution >= 0.6 is 11.3 Å². The normalized spacial score (nSPS) is 17.3. The lowest BCUT2D eigenvalue weighted by molar-refractivity contribution is -0.119. The van der Waals surface area contributed by atoms with Crippen LogP contribution in [0, 0.1) is 11.6 Å². The fourth-order valence-corrected chi connectivity index (χ4v) is 3.31. The lowest BCUT2D eigenvalue weighted by Gasteiger charge is -2.23. The molecule has 1 atom stereocenters. The summed E-state index contributed by atoms with van der Waals surface area (Å²) in [5, 5.41) is 4.17. The van der Waals surface area contributed by atoms with E-state index in [0.29, 0.717) is 24.3 Å². The molecule has 1 saturated heterocycles. The summed E-state index contributed by atoms with van der Waals surface area (Å²) < 4.78 is 26.8. The van der Waals surface area contributed by atoms with Crippen molar-refractivity contribution in [2.45, 2.75) is 18.9 Å². The second-order valence-electron chi connectivity index (χ2n) is 5.25. The molecule has 0 radical (unpaired) electrons. The first kappa shape index (κ1) is 15.6. The number of carbonyl (C=O) groups excluding carboxylic acids is 2. The molecule has 1 fully saturated rings. The quantitative estimate of drug-likeness (QED) is 0.935. The van der Waals surface area contributed by atoms with Gasteiger partial charge in [0.2, 0.25) is 5.91 Å². The van der Waals surface area contributed by atoms with E-state index in [1.54, 1.807) is 17.5 Å². The molecule has 0 aliphatic carbocycles. The molecule has 0 spiro atoms. The summed E-state index contributed by atoms with van der Waals surface area (Å²) in [5.41, 5.74) is -0.217. The highest BCUT2D eigenvalue weighted by molar-refractivity contribution is 7.12. The van der Waals surface area contributed by atoms with E-state index in [1.807, 2.05) is 0 Å². The summed E-state index contributed by atoms with van der Waals surface area (Å²) in [5.74, 6) is -2.07. The maximum atomic E-state index is 13.6. The molecule has 1 aliphatic rings. The van der Waals surface area contributed by atoms with Gasteiger partial charge in [-0.25, -0.2) is 8.78 Å². The van der Waals surface area contributed by atoms with Crippen LogP contribution in [0.25, 0.3) is 0 Å². The second-order valence-corrected chi connectivity index (χ2v) is 6.19. The summed E-state index contributed by atoms with van der Waals surface area (Å²) >= 11 is 1.31. The molecule has 1 aromatic heterocycles. The van der Waals surface area contributed by atoms with Crippen LogP contribution in [0.5, 0.6) is 0 Å². The lowest BCUT2D eigenvalue weighted by Crippen LogP contribution is -2.43. The predicted molar refractivity (Wildman–Crippen MR) is 83.4 cm³/mol. The first-order valence-electron chi connectivity index (χ1n) is 7.16. The molecular formula is C16H14F2N2O2S. The number of nitrogens with zero attached hydrogens (tertiary/aromatic N) is 1. The topological polar surface area (TPSA) is 49.4 Å². The van der Waals surface area contributed by atoms with Gasteiger partial charge in [-0.05, 0) is 36.4 Å². The molecule has 1 N–H and O–H groups in total. The van der Waals surface area contributed by atoms with E-state index in [4.69, 9.17) is 0 Å². The summed E-state index contributed by atoms with van der Waals surface area (Å²) in [7, 11) is 0. The molecule has 0 saturated carbocycles. The molecular weight excluding hydrogens is 322 g/mol. The number of amides is 2. The van der Waals surface area contributed by atoms with Crippen molar-refractivity contribution in [3.63, 3.8) is 0 Å². The van der Waals surface area contributed by atoms with Gasteiger partial charge in [0.1, 0.15) is 17.7 Å². The van der Waals surface area contributed by atoms with Crippen molar-refractivity contribution in [2.75, 3.05) is 11.9 Å². The van der Waals surface area contributed by atoms with Crippen molar-refractivity contribution in [2.24, 2.45) is 0 Å². The summed E-state index contributed by atoms with van der Waals surface area (Å²) in [6.07, 6.45) is 1.20. The van der Waals surface area contributed by atoms with Crippen LogP contribution in [0.1, 0.15) is 22.5 Å². The maximum absolute atomic E-state index is 13.6. The fourth-order valence-electron chi connectivity index (χ4n) is 2.63. The van der Waals surface area contributed by atoms with E-state index in [9.17, 15) is 18.4 Å². The van der Waals surface area contributed by atoms with E-state index >= 15 is 0 Å². The number of nitrogens with one attached hydrogen (secondary N) is 1. The largest absolute Gasteiger partial charge is 0.326 e. The third kappa shape index (κ3) is 3.24. The van der Waals surface area contributed by atoms with Crippen LogP contribution in [0.2, 0.25) is 0 Å². The molecule has 7 heteroatoms. The third-order valence-corrected chi connectivity index (χ3v) is 4.59. The third-order valence-electron chi connectivity index (χ3n) is 3.73. The molecule has 0 unspecified atom stereocenters. The molecule has 4 nitrogen and oxygen atoms in total. The highest BCUT2D eigenvalue weighted by Crippen LogP contribution is 2.24. The first-order chi connectivity index (χ1) is 11.1. The van der Waals surface area contributed by atoms with Gasteiger partial charge in [0, 0.05) is 12.6 Å². The monoisotopic (exact) mass is 336 g/mol. The highest BCUT2D eigenvalue weighted by Gasteiger charge is 2.35. The summed E-state index contributed by atoms with van der Waals surface area (Å²) in [4.78, 5) is 26.8. The number of benzene rings is 1. The number of hydrogen-bond acceptors (Lipinski definition) is 3. The molecule has 1 aliphatic heterocycles. The summed E-state index contributed by atoms with van der Waals surface area (Å²) in [6, 6.07) is 5.65. The Morgan fingerprint density at radius 2 is 2.09 bits per heavy atom. The Hall–Kier alpha value is -2.28. The van der Waals surface area contributed by atoms with E-state index in [2.05, 4.69) is 5.32 Å². The zero-order chi connectivity index (χ0) is 16.4. The SMILES string of the molecule is O=C(Nc1cc(F)ccc1F)[C@@H]1CCCN1C(=O)c1cccs1. The van der Waals surface area contributed by atoms with Crippen molar-refractivity contribution in [1.82, 2.24) is 4.90 Å². The van der Waals surface area contributed by atoms with Crippen LogP contribution in [0.3, 0.4) is 0 Å². The fraction of sp³-hybridized carbons (Fsp3) is 0.250. The number of rotatable bonds is 3. The minimum absolute atomic E-state index is 0.211. The predicted octanol–water partition coefficient (Wildman–Crippen LogP) is 3.27. The van der Waals surface area contributed by atoms with Gasteiger partial charge in [0.25, 0.3) is 5.91 Å². The number of likely N-dealkylation sites (tertiary alicyclic amines) is 1. The van der Waals surface area contributed by atoms with Crippen LogP contribution in [0.15, 0.2) is 35.7 Å². The van der Waals surface area contributed by atoms with E-state index < -0.39 is 23.6 Å². The Labute approximate surface area is 135 Å². The Balaban J connectivity index is 1.76. The standard InChI is InChI=1S/C16H14F2N2O2S/c17-10-5-6-11(18)12(9-10)19-15(21)13-3-1-7-20(13)16(22)14-4-2-8-23-14/h2,4-6,8-9,13H,1,3,7H2,(H,19,21)/t13-/m0/s1. The average molecular weight is 336 g/mol. The van der Waals surface area contributed by atoms with Gasteiger partial charge in [0.05, 0.1) is 10.6 Å². The molecule has 2 amide bonds. The molecule has 0 bridgehead atoms. The Bertz CT molecular complexity index is 734. The van der Waals surface area contributed by atoms with Crippen LogP contribution in [-0.2, 0) is 4.79 Å². The maximum Gasteiger partial charge on any atom is 0.264 e. The smallest absolute Gasteiger partial charge is 0.264 e. The van der Waals surface area contributed by atoms with Crippen molar-refractivity contribution >= 4 is 28.8 Å². The van der Waals surface area contributed by atoms with Gasteiger partial charge in [0.15, 0.2) is 0 Å². The number of anilines is 1. The molecule has 23 heavy (non-hydrogen) atoms. The Morgan fingerprint density at radius 1 is 1.26 bits per heavy atom. The number of carbonyl (C=O) groups is 2. The average Bonchev–Trinajstić information content (AvgIpc) is 3.20. The van der Waals surface area contributed by atoms with Crippen LogP contribution in [0.4, 0.5) is 14.5 Å². The van der Waals surface area contributed by atoms with Crippen molar-refractivity contribution in [3.05, 3.63) is 52.2 Å². The molecule has 120 valence electrons. The molecule has 1 aromatic carbocycles. The van der Waals surface area contributed by atoms with Gasteiger partial charge in [-0.3, -0.25) is 9.59 Å². The Morgan fingerprint density at radius 3 is 2.83 bits per heavy atom. The van der Waals surface area contributed by atoms with Crippen LogP contribution < -0.4 is 5.32 Å². The lowest BCUT2D eigenvalue weighted by atomic mass is 10.2. The minimum Gasteiger partial charge on any atom is -0.326 e. The van der Waals surface area contributed by atoms with Crippen LogP contribution in [-0.4, -0.2) is 29.3 Å². The number of hydrogen-bond donors (Lipinski definition) is 1. The zero-order valence-corrected chi connectivity index (χ0v) is 12.9. The minimum atomic E-state index is -0.714.